The molecule has 0 aliphatic rings. The van der Waals surface area contributed by atoms with Crippen LogP contribution in [-0.4, -0.2) is 26.7 Å². The number of aryl methyl sites for hydroxylation is 1. The van der Waals surface area contributed by atoms with Crippen LogP contribution in [0, 0.1) is 12.7 Å². The van der Waals surface area contributed by atoms with Crippen molar-refractivity contribution in [3.63, 3.8) is 0 Å². The fourth-order valence-corrected chi connectivity index (χ4v) is 2.66. The first-order valence-electron chi connectivity index (χ1n) is 8.37. The fourth-order valence-electron chi connectivity index (χ4n) is 2.66. The van der Waals surface area contributed by atoms with Gasteiger partial charge in [-0.2, -0.15) is 0 Å². The summed E-state index contributed by atoms with van der Waals surface area (Å²) in [6, 6.07) is 13.1. The second-order valence-electron chi connectivity index (χ2n) is 6.03. The van der Waals surface area contributed by atoms with Gasteiger partial charge in [0.15, 0.2) is 5.96 Å². The normalized spacial score (nSPS) is 12.6. The predicted octanol–water partition coefficient (Wildman–Crippen LogP) is 3.61. The largest absolute Gasteiger partial charge is 0.496 e. The van der Waals surface area contributed by atoms with Gasteiger partial charge in [0.25, 0.3) is 0 Å². The highest BCUT2D eigenvalue weighted by atomic mass is 19.1. The summed E-state index contributed by atoms with van der Waals surface area (Å²) in [5, 5.41) is 6.58. The van der Waals surface area contributed by atoms with E-state index in [1.807, 2.05) is 24.3 Å². The van der Waals surface area contributed by atoms with Gasteiger partial charge in [0.1, 0.15) is 11.6 Å². The second-order valence-corrected chi connectivity index (χ2v) is 6.03. The number of hydrogen-bond donors (Lipinski definition) is 2. The van der Waals surface area contributed by atoms with Crippen LogP contribution in [0.15, 0.2) is 47.5 Å². The van der Waals surface area contributed by atoms with E-state index in [0.717, 1.165) is 23.4 Å². The lowest BCUT2D eigenvalue weighted by molar-refractivity contribution is 0.406. The van der Waals surface area contributed by atoms with Crippen LogP contribution in [0.3, 0.4) is 0 Å². The zero-order valence-corrected chi connectivity index (χ0v) is 15.3. The molecule has 0 saturated heterocycles. The number of para-hydroxylation sites is 1. The first-order chi connectivity index (χ1) is 12.0. The zero-order valence-electron chi connectivity index (χ0n) is 15.3. The Bertz CT molecular complexity index is 731. The highest BCUT2D eigenvalue weighted by molar-refractivity contribution is 5.79. The van der Waals surface area contributed by atoms with Crippen molar-refractivity contribution in [2.45, 2.75) is 26.3 Å². The number of halogens is 1. The summed E-state index contributed by atoms with van der Waals surface area (Å²) < 4.78 is 18.8. The molecule has 1 atom stereocenters. The van der Waals surface area contributed by atoms with Gasteiger partial charge in [-0.25, -0.2) is 4.39 Å². The first-order valence-corrected chi connectivity index (χ1v) is 8.37. The average molecular weight is 343 g/mol. The van der Waals surface area contributed by atoms with Gasteiger partial charge in [-0.3, -0.25) is 4.99 Å². The fraction of sp³-hybridized carbons (Fsp3) is 0.350. The molecule has 0 amide bonds. The van der Waals surface area contributed by atoms with Crippen LogP contribution < -0.4 is 15.4 Å². The minimum absolute atomic E-state index is 0.183. The highest BCUT2D eigenvalue weighted by Gasteiger charge is 2.11. The number of rotatable bonds is 6. The van der Waals surface area contributed by atoms with Crippen LogP contribution >= 0.6 is 0 Å². The topological polar surface area (TPSA) is 45.7 Å². The molecule has 2 aromatic rings. The maximum absolute atomic E-state index is 13.3. The van der Waals surface area contributed by atoms with E-state index in [2.05, 4.69) is 28.6 Å². The number of nitrogens with one attached hydrogen (secondary N) is 2. The van der Waals surface area contributed by atoms with Crippen molar-refractivity contribution in [1.29, 1.82) is 0 Å². The van der Waals surface area contributed by atoms with Crippen molar-refractivity contribution in [2.75, 3.05) is 20.7 Å². The Morgan fingerprint density at radius 3 is 2.64 bits per heavy atom. The molecule has 4 nitrogen and oxygen atoms in total. The molecule has 2 aromatic carbocycles. The van der Waals surface area contributed by atoms with Crippen LogP contribution in [0.5, 0.6) is 5.75 Å². The van der Waals surface area contributed by atoms with Gasteiger partial charge in [-0.05, 0) is 35.7 Å². The van der Waals surface area contributed by atoms with E-state index in [-0.39, 0.29) is 11.7 Å². The molecule has 2 N–H and O–H groups in total. The molecule has 0 heterocycles. The van der Waals surface area contributed by atoms with Crippen molar-refractivity contribution in [3.05, 3.63) is 65.0 Å². The Labute approximate surface area is 149 Å². The lowest BCUT2D eigenvalue weighted by Gasteiger charge is -2.18. The van der Waals surface area contributed by atoms with Gasteiger partial charge >= 0.3 is 0 Å². The SMILES string of the molecule is CN=C(NCc1ccc(F)c(C)c1)NCC(C)c1ccccc1OC. The summed E-state index contributed by atoms with van der Waals surface area (Å²) in [7, 11) is 3.42. The number of ether oxygens (including phenoxy) is 1. The highest BCUT2D eigenvalue weighted by Crippen LogP contribution is 2.25. The van der Waals surface area contributed by atoms with Crippen molar-refractivity contribution in [1.82, 2.24) is 10.6 Å². The third kappa shape index (κ3) is 5.21. The van der Waals surface area contributed by atoms with E-state index in [0.29, 0.717) is 18.1 Å². The Hall–Kier alpha value is -2.56. The average Bonchev–Trinajstić information content (AvgIpc) is 2.64. The number of methoxy groups -OCH3 is 1. The summed E-state index contributed by atoms with van der Waals surface area (Å²) in [5.74, 6) is 1.69. The third-order valence-electron chi connectivity index (χ3n) is 4.15. The van der Waals surface area contributed by atoms with Crippen molar-refractivity contribution in [3.8, 4) is 5.75 Å². The van der Waals surface area contributed by atoms with E-state index in [9.17, 15) is 4.39 Å². The molecule has 0 aromatic heterocycles. The number of nitrogens with zero attached hydrogens (tertiary/aromatic N) is 1. The molecule has 5 heteroatoms. The molecule has 25 heavy (non-hydrogen) atoms. The number of guanidine groups is 1. The standard InChI is InChI=1S/C20H26FN3O/c1-14-11-16(9-10-18(14)21)13-24-20(22-3)23-12-15(2)17-7-5-6-8-19(17)25-4/h5-11,15H,12-13H2,1-4H3,(H2,22,23,24). The minimum Gasteiger partial charge on any atom is -0.496 e. The van der Waals surface area contributed by atoms with Gasteiger partial charge in [0, 0.05) is 26.1 Å². The predicted molar refractivity (Wildman–Crippen MR) is 101 cm³/mol. The number of aliphatic imine (C=N–C) groups is 1. The Morgan fingerprint density at radius 1 is 1.20 bits per heavy atom. The molecule has 1 unspecified atom stereocenters. The molecule has 0 aliphatic heterocycles. The van der Waals surface area contributed by atoms with Gasteiger partial charge in [0.05, 0.1) is 7.11 Å². The molecular weight excluding hydrogens is 317 g/mol. The summed E-state index contributed by atoms with van der Waals surface area (Å²) in [6.07, 6.45) is 0. The lowest BCUT2D eigenvalue weighted by Crippen LogP contribution is -2.38. The van der Waals surface area contributed by atoms with Crippen molar-refractivity contribution in [2.24, 2.45) is 4.99 Å². The Kier molecular flexibility index (Phi) is 6.81. The summed E-state index contributed by atoms with van der Waals surface area (Å²) in [4.78, 5) is 4.24. The van der Waals surface area contributed by atoms with E-state index in [1.54, 1.807) is 27.1 Å². The van der Waals surface area contributed by atoms with Crippen LogP contribution in [0.2, 0.25) is 0 Å². The first kappa shape index (κ1) is 18.8. The van der Waals surface area contributed by atoms with E-state index in [1.165, 1.54) is 6.07 Å². The Morgan fingerprint density at radius 2 is 1.96 bits per heavy atom. The minimum atomic E-state index is -0.183. The molecule has 2 rings (SSSR count). The smallest absolute Gasteiger partial charge is 0.191 e. The van der Waals surface area contributed by atoms with Gasteiger partial charge in [0.2, 0.25) is 0 Å². The lowest BCUT2D eigenvalue weighted by atomic mass is 10.0. The van der Waals surface area contributed by atoms with E-state index < -0.39 is 0 Å². The maximum Gasteiger partial charge on any atom is 0.191 e. The monoisotopic (exact) mass is 343 g/mol. The molecule has 0 radical (unpaired) electrons. The molecule has 0 bridgehead atoms. The molecule has 0 saturated carbocycles. The number of benzene rings is 2. The molecule has 0 aliphatic carbocycles. The van der Waals surface area contributed by atoms with E-state index >= 15 is 0 Å². The summed E-state index contributed by atoms with van der Waals surface area (Å²) in [5.41, 5.74) is 2.81. The Balaban J connectivity index is 1.90. The summed E-state index contributed by atoms with van der Waals surface area (Å²) in [6.45, 7) is 5.22. The van der Waals surface area contributed by atoms with Crippen LogP contribution in [0.4, 0.5) is 4.39 Å². The van der Waals surface area contributed by atoms with E-state index in [4.69, 9.17) is 4.74 Å². The van der Waals surface area contributed by atoms with Crippen LogP contribution in [-0.2, 0) is 6.54 Å². The zero-order chi connectivity index (χ0) is 18.2. The molecule has 134 valence electrons. The van der Waals surface area contributed by atoms with Gasteiger partial charge in [-0.15, -0.1) is 0 Å². The second kappa shape index (κ2) is 9.06. The van der Waals surface area contributed by atoms with Crippen molar-refractivity contribution >= 4 is 5.96 Å². The third-order valence-corrected chi connectivity index (χ3v) is 4.15. The number of hydrogen-bond acceptors (Lipinski definition) is 2. The van der Waals surface area contributed by atoms with Crippen LogP contribution in [0.25, 0.3) is 0 Å². The molecular formula is C20H26FN3O. The molecule has 0 spiro atoms. The molecule has 0 fully saturated rings. The van der Waals surface area contributed by atoms with Gasteiger partial charge < -0.3 is 15.4 Å². The van der Waals surface area contributed by atoms with Crippen molar-refractivity contribution < 1.29 is 9.13 Å². The van der Waals surface area contributed by atoms with Gasteiger partial charge in [-0.1, -0.05) is 37.3 Å². The quantitative estimate of drug-likeness (QED) is 0.622. The summed E-state index contributed by atoms with van der Waals surface area (Å²) >= 11 is 0. The van der Waals surface area contributed by atoms with Crippen LogP contribution in [0.1, 0.15) is 29.5 Å². The maximum atomic E-state index is 13.3.